The first-order valence-electron chi connectivity index (χ1n) is 10.6. The van der Waals surface area contributed by atoms with Crippen molar-refractivity contribution < 1.29 is 14.0 Å². The molecule has 0 aromatic rings. The van der Waals surface area contributed by atoms with Gasteiger partial charge in [0.05, 0.1) is 18.1 Å². The zero-order valence-corrected chi connectivity index (χ0v) is 20.6. The molecule has 0 aliphatic heterocycles. The first-order chi connectivity index (χ1) is 11.7. The molecule has 0 bridgehead atoms. The lowest BCUT2D eigenvalue weighted by molar-refractivity contribution is -0.155. The minimum Gasteiger partial charge on any atom is -0.465 e. The number of hydrogen-bond donors (Lipinski definition) is 0. The average molecular weight is 387 g/mol. The van der Waals surface area contributed by atoms with Crippen molar-refractivity contribution in [2.45, 2.75) is 112 Å². The Bertz CT molecular complexity index is 402. The van der Waals surface area contributed by atoms with E-state index in [1.165, 1.54) is 0 Å². The van der Waals surface area contributed by atoms with Crippen LogP contribution in [0.1, 0.15) is 89.5 Å². The quantitative estimate of drug-likeness (QED) is 0.305. The monoisotopic (exact) mass is 386 g/mol. The van der Waals surface area contributed by atoms with Crippen LogP contribution in [0, 0.1) is 17.3 Å². The summed E-state index contributed by atoms with van der Waals surface area (Å²) in [5.74, 6) is 0.508. The number of ether oxygens (including phenoxy) is 1. The molecule has 3 atom stereocenters. The molecule has 0 N–H and O–H groups in total. The molecule has 0 aromatic heterocycles. The van der Waals surface area contributed by atoms with Crippen molar-refractivity contribution in [2.24, 2.45) is 17.3 Å². The lowest BCUT2D eigenvalue weighted by atomic mass is 9.92. The SMILES string of the molecule is CC[C@H](C)[C@H](O[Si](C(C)C)(C(C)C)C(C)C)[C@@H](C)COC(=O)C(C)(C)C. The maximum absolute atomic E-state index is 12.2. The van der Waals surface area contributed by atoms with E-state index in [1.807, 2.05) is 20.8 Å². The Morgan fingerprint density at radius 3 is 1.58 bits per heavy atom. The molecule has 0 heterocycles. The summed E-state index contributed by atoms with van der Waals surface area (Å²) in [5.41, 5.74) is 1.20. The van der Waals surface area contributed by atoms with Gasteiger partial charge in [0.2, 0.25) is 8.32 Å². The van der Waals surface area contributed by atoms with Crippen LogP contribution in [0.5, 0.6) is 0 Å². The number of carbonyl (C=O) groups excluding carboxylic acids is 1. The Morgan fingerprint density at radius 2 is 1.27 bits per heavy atom. The maximum Gasteiger partial charge on any atom is 0.311 e. The van der Waals surface area contributed by atoms with E-state index >= 15 is 0 Å². The zero-order chi connectivity index (χ0) is 20.9. The summed E-state index contributed by atoms with van der Waals surface area (Å²) in [6, 6.07) is 0. The highest BCUT2D eigenvalue weighted by Crippen LogP contribution is 2.44. The van der Waals surface area contributed by atoms with Crippen LogP contribution in [0.2, 0.25) is 16.6 Å². The highest BCUT2D eigenvalue weighted by Gasteiger charge is 2.48. The van der Waals surface area contributed by atoms with Gasteiger partial charge in [-0.05, 0) is 43.3 Å². The second kappa shape index (κ2) is 10.3. The molecule has 0 fully saturated rings. The number of hydrogen-bond acceptors (Lipinski definition) is 3. The Labute approximate surface area is 164 Å². The van der Waals surface area contributed by atoms with Crippen LogP contribution in [-0.2, 0) is 14.0 Å². The largest absolute Gasteiger partial charge is 0.465 e. The second-order valence-corrected chi connectivity index (χ2v) is 15.5. The molecule has 0 saturated carbocycles. The Morgan fingerprint density at radius 1 is 0.846 bits per heavy atom. The van der Waals surface area contributed by atoms with Crippen molar-refractivity contribution in [1.29, 1.82) is 0 Å². The van der Waals surface area contributed by atoms with Gasteiger partial charge in [0.25, 0.3) is 0 Å². The number of esters is 1. The predicted molar refractivity (Wildman–Crippen MR) is 115 cm³/mol. The summed E-state index contributed by atoms with van der Waals surface area (Å²) >= 11 is 0. The summed E-state index contributed by atoms with van der Waals surface area (Å²) in [7, 11) is -1.97. The molecule has 4 heteroatoms. The normalized spacial score (nSPS) is 16.9. The van der Waals surface area contributed by atoms with Crippen LogP contribution < -0.4 is 0 Å². The lowest BCUT2D eigenvalue weighted by Gasteiger charge is -2.47. The van der Waals surface area contributed by atoms with E-state index < -0.39 is 13.7 Å². The Kier molecular flexibility index (Phi) is 10.1. The summed E-state index contributed by atoms with van der Waals surface area (Å²) < 4.78 is 12.7. The van der Waals surface area contributed by atoms with Crippen molar-refractivity contribution in [3.8, 4) is 0 Å². The van der Waals surface area contributed by atoms with Crippen LogP contribution in [-0.4, -0.2) is 27.0 Å². The molecular formula is C22H46O3Si. The van der Waals surface area contributed by atoms with E-state index in [9.17, 15) is 4.79 Å². The van der Waals surface area contributed by atoms with Crippen molar-refractivity contribution in [3.63, 3.8) is 0 Å². The van der Waals surface area contributed by atoms with Crippen LogP contribution in [0.25, 0.3) is 0 Å². The van der Waals surface area contributed by atoms with E-state index in [0.717, 1.165) is 6.42 Å². The molecule has 0 rings (SSSR count). The molecule has 3 nitrogen and oxygen atoms in total. The lowest BCUT2D eigenvalue weighted by Crippen LogP contribution is -2.53. The first kappa shape index (κ1) is 25.6. The molecular weight excluding hydrogens is 340 g/mol. The minimum absolute atomic E-state index is 0.131. The molecule has 0 unspecified atom stereocenters. The van der Waals surface area contributed by atoms with Crippen molar-refractivity contribution in [3.05, 3.63) is 0 Å². The summed E-state index contributed by atoms with van der Waals surface area (Å²) in [6.07, 6.45) is 1.20. The minimum atomic E-state index is -1.97. The van der Waals surface area contributed by atoms with E-state index in [2.05, 4.69) is 62.3 Å². The van der Waals surface area contributed by atoms with Gasteiger partial charge in [-0.25, -0.2) is 0 Å². The van der Waals surface area contributed by atoms with Gasteiger partial charge in [0.15, 0.2) is 0 Å². The van der Waals surface area contributed by atoms with Gasteiger partial charge in [-0.2, -0.15) is 0 Å². The van der Waals surface area contributed by atoms with Crippen LogP contribution in [0.3, 0.4) is 0 Å². The van der Waals surface area contributed by atoms with E-state index in [4.69, 9.17) is 9.16 Å². The first-order valence-corrected chi connectivity index (χ1v) is 12.7. The summed E-state index contributed by atoms with van der Waals surface area (Å²) in [6.45, 7) is 26.7. The third-order valence-corrected chi connectivity index (χ3v) is 12.0. The topological polar surface area (TPSA) is 35.5 Å². The molecule has 0 amide bonds. The maximum atomic E-state index is 12.2. The number of rotatable bonds is 10. The van der Waals surface area contributed by atoms with Gasteiger partial charge < -0.3 is 9.16 Å². The van der Waals surface area contributed by atoms with Gasteiger partial charge in [0, 0.05) is 5.92 Å². The third kappa shape index (κ3) is 6.37. The van der Waals surface area contributed by atoms with Gasteiger partial charge >= 0.3 is 5.97 Å². The van der Waals surface area contributed by atoms with Crippen LogP contribution >= 0.6 is 0 Å². The molecule has 0 aromatic carbocycles. The van der Waals surface area contributed by atoms with Gasteiger partial charge in [-0.15, -0.1) is 0 Å². The van der Waals surface area contributed by atoms with Crippen LogP contribution in [0.4, 0.5) is 0 Å². The van der Waals surface area contributed by atoms with Crippen molar-refractivity contribution >= 4 is 14.3 Å². The van der Waals surface area contributed by atoms with E-state index in [1.54, 1.807) is 0 Å². The summed E-state index contributed by atoms with van der Waals surface area (Å²) in [5, 5.41) is 0. The molecule has 0 radical (unpaired) electrons. The van der Waals surface area contributed by atoms with Crippen molar-refractivity contribution in [1.82, 2.24) is 0 Å². The van der Waals surface area contributed by atoms with Crippen molar-refractivity contribution in [2.75, 3.05) is 6.61 Å². The molecule has 156 valence electrons. The van der Waals surface area contributed by atoms with Gasteiger partial charge in [-0.1, -0.05) is 68.7 Å². The smallest absolute Gasteiger partial charge is 0.311 e. The fraction of sp³-hybridized carbons (Fsp3) is 0.955. The predicted octanol–water partition coefficient (Wildman–Crippen LogP) is 6.82. The third-order valence-electron chi connectivity index (χ3n) is 5.90. The molecule has 26 heavy (non-hydrogen) atoms. The van der Waals surface area contributed by atoms with Gasteiger partial charge in [0.1, 0.15) is 0 Å². The molecule has 0 saturated heterocycles. The number of carbonyl (C=O) groups is 1. The average Bonchev–Trinajstić information content (AvgIpc) is 2.50. The highest BCUT2D eigenvalue weighted by atomic mass is 28.4. The zero-order valence-electron chi connectivity index (χ0n) is 19.6. The molecule has 0 aliphatic carbocycles. The molecule has 0 spiro atoms. The fourth-order valence-electron chi connectivity index (χ4n) is 4.19. The standard InChI is InChI=1S/C22H46O3Si/c1-13-18(8)20(19(9)14-24-21(23)22(10,11)12)25-26(15(2)3,16(4)5)17(6)7/h15-20H,13-14H2,1-12H3/t18-,19-,20-/m0/s1. The van der Waals surface area contributed by atoms with E-state index in [0.29, 0.717) is 29.1 Å². The fourth-order valence-corrected chi connectivity index (χ4v) is 9.94. The van der Waals surface area contributed by atoms with Gasteiger partial charge in [-0.3, -0.25) is 4.79 Å². The summed E-state index contributed by atoms with van der Waals surface area (Å²) in [4.78, 5) is 12.2. The van der Waals surface area contributed by atoms with E-state index in [-0.39, 0.29) is 18.0 Å². The highest BCUT2D eigenvalue weighted by molar-refractivity contribution is 6.77. The Hall–Kier alpha value is -0.353. The van der Waals surface area contributed by atoms with Crippen LogP contribution in [0.15, 0.2) is 0 Å². The molecule has 0 aliphatic rings. The Balaban J connectivity index is 5.51. The second-order valence-electron chi connectivity index (χ2n) is 10.1.